The highest BCUT2D eigenvalue weighted by Crippen LogP contribution is 2.29. The number of nitrogens with zero attached hydrogens (tertiary/aromatic N) is 3. The largest absolute Gasteiger partial charge is 0.393 e. The van der Waals surface area contributed by atoms with E-state index in [4.69, 9.17) is 4.98 Å². The number of aliphatic hydroxyl groups excluding tert-OH is 1. The number of aryl methyl sites for hydroxylation is 1. The number of hydrogen-bond donors (Lipinski definition) is 3. The number of benzene rings is 2. The highest BCUT2D eigenvalue weighted by Gasteiger charge is 2.24. The number of fused-ring (bicyclic) bond motifs is 1. The van der Waals surface area contributed by atoms with Crippen molar-refractivity contribution >= 4 is 17.4 Å². The molecule has 186 valence electrons. The van der Waals surface area contributed by atoms with E-state index in [0.717, 1.165) is 41.6 Å². The maximum absolute atomic E-state index is 13.5. The third-order valence-electron chi connectivity index (χ3n) is 6.40. The Hall–Kier alpha value is -3.78. The Morgan fingerprint density at radius 1 is 1.19 bits per heavy atom. The van der Waals surface area contributed by atoms with Crippen molar-refractivity contribution < 1.29 is 14.3 Å². The molecule has 0 aliphatic heterocycles. The maximum Gasteiger partial charge on any atom is 0.251 e. The molecule has 1 atom stereocenters. The Morgan fingerprint density at radius 2 is 1.94 bits per heavy atom. The van der Waals surface area contributed by atoms with Gasteiger partial charge in [-0.1, -0.05) is 6.07 Å². The smallest absolute Gasteiger partial charge is 0.251 e. The minimum atomic E-state index is -0.360. The van der Waals surface area contributed by atoms with Crippen molar-refractivity contribution in [3.8, 4) is 22.5 Å². The molecule has 7 nitrogen and oxygen atoms in total. The number of anilines is 1. The van der Waals surface area contributed by atoms with E-state index in [1.807, 2.05) is 35.7 Å². The first-order valence-corrected chi connectivity index (χ1v) is 12.4. The molecule has 1 amide bonds. The number of aliphatic hydroxyl groups is 1. The van der Waals surface area contributed by atoms with Gasteiger partial charge in [-0.3, -0.25) is 9.20 Å². The SMILES string of the molecule is Cc1cc(-c2cnc3c(NCCCC(C)O)nc(-c4ccc(F)cc4)cn23)ccc1C(=O)NC1CC1. The number of halogens is 1. The molecule has 5 rings (SSSR count). The van der Waals surface area contributed by atoms with Crippen LogP contribution < -0.4 is 10.6 Å². The molecule has 1 unspecified atom stereocenters. The molecular weight excluding hydrogens is 457 g/mol. The van der Waals surface area contributed by atoms with Crippen LogP contribution in [0.5, 0.6) is 0 Å². The van der Waals surface area contributed by atoms with E-state index in [1.165, 1.54) is 12.1 Å². The first-order valence-electron chi connectivity index (χ1n) is 12.4. The van der Waals surface area contributed by atoms with Crippen LogP contribution in [0.3, 0.4) is 0 Å². The number of hydrogen-bond acceptors (Lipinski definition) is 5. The van der Waals surface area contributed by atoms with Gasteiger partial charge < -0.3 is 15.7 Å². The Kier molecular flexibility index (Phi) is 6.69. The first-order chi connectivity index (χ1) is 17.4. The quantitative estimate of drug-likeness (QED) is 0.290. The summed E-state index contributed by atoms with van der Waals surface area (Å²) < 4.78 is 15.5. The predicted molar refractivity (Wildman–Crippen MR) is 138 cm³/mol. The zero-order valence-corrected chi connectivity index (χ0v) is 20.5. The fourth-order valence-corrected chi connectivity index (χ4v) is 4.25. The highest BCUT2D eigenvalue weighted by atomic mass is 19.1. The van der Waals surface area contributed by atoms with Crippen LogP contribution in [0.25, 0.3) is 28.2 Å². The Morgan fingerprint density at radius 3 is 2.64 bits per heavy atom. The van der Waals surface area contributed by atoms with E-state index >= 15 is 0 Å². The van der Waals surface area contributed by atoms with Crippen molar-refractivity contribution in [3.05, 3.63) is 71.8 Å². The van der Waals surface area contributed by atoms with Gasteiger partial charge in [0.1, 0.15) is 5.82 Å². The molecule has 2 aromatic heterocycles. The van der Waals surface area contributed by atoms with E-state index in [1.54, 1.807) is 25.3 Å². The van der Waals surface area contributed by atoms with Gasteiger partial charge >= 0.3 is 0 Å². The van der Waals surface area contributed by atoms with Crippen LogP contribution in [0.15, 0.2) is 54.9 Å². The Balaban J connectivity index is 1.52. The van der Waals surface area contributed by atoms with Crippen molar-refractivity contribution in [1.29, 1.82) is 0 Å². The lowest BCUT2D eigenvalue weighted by Gasteiger charge is -2.13. The third kappa shape index (κ3) is 5.23. The fourth-order valence-electron chi connectivity index (χ4n) is 4.25. The van der Waals surface area contributed by atoms with Crippen LogP contribution in [0.4, 0.5) is 10.2 Å². The van der Waals surface area contributed by atoms with Crippen LogP contribution >= 0.6 is 0 Å². The summed E-state index contributed by atoms with van der Waals surface area (Å²) in [5.41, 5.74) is 5.49. The van der Waals surface area contributed by atoms with Crippen molar-refractivity contribution in [2.24, 2.45) is 0 Å². The molecule has 0 bridgehead atoms. The molecule has 0 spiro atoms. The highest BCUT2D eigenvalue weighted by molar-refractivity contribution is 5.96. The number of imidazole rings is 1. The van der Waals surface area contributed by atoms with E-state index in [0.29, 0.717) is 41.7 Å². The number of aromatic nitrogens is 3. The van der Waals surface area contributed by atoms with Gasteiger partial charge in [0, 0.05) is 35.5 Å². The molecule has 1 fully saturated rings. The van der Waals surface area contributed by atoms with Gasteiger partial charge in [-0.25, -0.2) is 14.4 Å². The zero-order chi connectivity index (χ0) is 25.2. The number of amides is 1. The molecule has 1 aliphatic carbocycles. The average Bonchev–Trinajstić information content (AvgIpc) is 3.56. The Labute approximate surface area is 209 Å². The molecule has 8 heteroatoms. The van der Waals surface area contributed by atoms with Crippen molar-refractivity contribution in [1.82, 2.24) is 19.7 Å². The number of nitrogens with one attached hydrogen (secondary N) is 2. The van der Waals surface area contributed by atoms with Crippen LogP contribution in [0, 0.1) is 12.7 Å². The van der Waals surface area contributed by atoms with Gasteiger partial charge in [0.15, 0.2) is 11.5 Å². The van der Waals surface area contributed by atoms with Crippen LogP contribution in [0.1, 0.15) is 48.5 Å². The lowest BCUT2D eigenvalue weighted by molar-refractivity contribution is 0.0950. The first kappa shape index (κ1) is 23.9. The summed E-state index contributed by atoms with van der Waals surface area (Å²) in [5, 5.41) is 16.0. The van der Waals surface area contributed by atoms with Crippen molar-refractivity contribution in [2.75, 3.05) is 11.9 Å². The summed E-state index contributed by atoms with van der Waals surface area (Å²) in [6.07, 6.45) is 6.89. The summed E-state index contributed by atoms with van der Waals surface area (Å²) in [5.74, 6) is 0.276. The minimum absolute atomic E-state index is 0.0360. The standard InChI is InChI=1S/C28H30FN5O2/c1-17-14-20(7-12-23(17)28(36)32-22-10-11-22)25-15-31-27-26(30-13-3-4-18(2)35)33-24(16-34(25)27)19-5-8-21(29)9-6-19/h5-9,12,14-16,18,22,35H,3-4,10-11,13H2,1-2H3,(H,30,33)(H,32,36). The minimum Gasteiger partial charge on any atom is -0.393 e. The molecule has 2 aromatic carbocycles. The molecule has 0 radical (unpaired) electrons. The molecule has 1 aliphatic rings. The zero-order valence-electron chi connectivity index (χ0n) is 20.5. The summed E-state index contributed by atoms with van der Waals surface area (Å²) in [7, 11) is 0. The third-order valence-corrected chi connectivity index (χ3v) is 6.40. The van der Waals surface area contributed by atoms with Gasteiger partial charge in [0.05, 0.1) is 23.7 Å². The molecule has 36 heavy (non-hydrogen) atoms. The second-order valence-electron chi connectivity index (χ2n) is 9.51. The number of rotatable bonds is 9. The van der Waals surface area contributed by atoms with E-state index in [2.05, 4.69) is 15.6 Å². The van der Waals surface area contributed by atoms with Crippen LogP contribution in [0.2, 0.25) is 0 Å². The predicted octanol–water partition coefficient (Wildman–Crippen LogP) is 4.98. The van der Waals surface area contributed by atoms with Crippen LogP contribution in [-0.4, -0.2) is 44.1 Å². The molecule has 3 N–H and O–H groups in total. The van der Waals surface area contributed by atoms with E-state index in [9.17, 15) is 14.3 Å². The number of carbonyl (C=O) groups is 1. The topological polar surface area (TPSA) is 91.6 Å². The molecular formula is C28H30FN5O2. The normalized spacial score (nSPS) is 14.1. The lowest BCUT2D eigenvalue weighted by Crippen LogP contribution is -2.26. The van der Waals surface area contributed by atoms with Gasteiger partial charge in [-0.15, -0.1) is 0 Å². The molecule has 2 heterocycles. The monoisotopic (exact) mass is 487 g/mol. The summed E-state index contributed by atoms with van der Waals surface area (Å²) >= 11 is 0. The van der Waals surface area contributed by atoms with Crippen molar-refractivity contribution in [2.45, 2.75) is 51.7 Å². The molecule has 0 saturated heterocycles. The van der Waals surface area contributed by atoms with E-state index in [-0.39, 0.29) is 17.8 Å². The molecule has 4 aromatic rings. The fraction of sp³-hybridized carbons (Fsp3) is 0.321. The summed E-state index contributed by atoms with van der Waals surface area (Å²) in [4.78, 5) is 22.0. The van der Waals surface area contributed by atoms with Crippen LogP contribution in [-0.2, 0) is 0 Å². The summed E-state index contributed by atoms with van der Waals surface area (Å²) in [6, 6.07) is 12.3. The van der Waals surface area contributed by atoms with Gasteiger partial charge in [-0.05, 0) is 81.5 Å². The van der Waals surface area contributed by atoms with Gasteiger partial charge in [0.25, 0.3) is 5.91 Å². The second kappa shape index (κ2) is 10.1. The van der Waals surface area contributed by atoms with E-state index < -0.39 is 0 Å². The van der Waals surface area contributed by atoms with Crippen molar-refractivity contribution in [3.63, 3.8) is 0 Å². The average molecular weight is 488 g/mol. The lowest BCUT2D eigenvalue weighted by atomic mass is 10.0. The van der Waals surface area contributed by atoms with Gasteiger partial charge in [0.2, 0.25) is 0 Å². The Bertz CT molecular complexity index is 1390. The summed E-state index contributed by atoms with van der Waals surface area (Å²) in [6.45, 7) is 4.34. The second-order valence-corrected chi connectivity index (χ2v) is 9.51. The van der Waals surface area contributed by atoms with Gasteiger partial charge in [-0.2, -0.15) is 0 Å². The molecule has 1 saturated carbocycles. The maximum atomic E-state index is 13.5. The number of carbonyl (C=O) groups excluding carboxylic acids is 1.